The van der Waals surface area contributed by atoms with Crippen molar-refractivity contribution in [1.82, 2.24) is 4.31 Å². The van der Waals surface area contributed by atoms with Gasteiger partial charge in [-0.15, -0.1) is 0 Å². The van der Waals surface area contributed by atoms with E-state index in [1.807, 2.05) is 0 Å². The zero-order valence-corrected chi connectivity index (χ0v) is 11.9. The maximum Gasteiger partial charge on any atom is 0.307 e. The Labute approximate surface area is 112 Å². The molecule has 1 N–H and O–H groups in total. The summed E-state index contributed by atoms with van der Waals surface area (Å²) in [5, 5.41) is 8.71. The van der Waals surface area contributed by atoms with Crippen LogP contribution in [0.2, 0.25) is 0 Å². The Morgan fingerprint density at radius 2 is 1.89 bits per heavy atom. The fourth-order valence-electron chi connectivity index (χ4n) is 2.56. The van der Waals surface area contributed by atoms with Crippen molar-refractivity contribution in [3.05, 3.63) is 0 Å². The third-order valence-corrected chi connectivity index (χ3v) is 7.10. The van der Waals surface area contributed by atoms with Crippen LogP contribution in [0.15, 0.2) is 0 Å². The lowest BCUT2D eigenvalue weighted by molar-refractivity contribution is -0.142. The molecule has 0 amide bonds. The van der Waals surface area contributed by atoms with Crippen molar-refractivity contribution < 1.29 is 18.3 Å². The maximum absolute atomic E-state index is 12.4. The highest BCUT2D eigenvalue weighted by atomic mass is 32.2. The minimum atomic E-state index is -3.29. The molecule has 7 heteroatoms. The summed E-state index contributed by atoms with van der Waals surface area (Å²) < 4.78 is 26.3. The second kappa shape index (κ2) is 5.79. The fourth-order valence-corrected chi connectivity index (χ4v) is 5.99. The molecule has 0 aromatic carbocycles. The van der Waals surface area contributed by atoms with E-state index in [1.165, 1.54) is 4.31 Å². The van der Waals surface area contributed by atoms with Crippen LogP contribution in [0, 0.1) is 5.92 Å². The highest BCUT2D eigenvalue weighted by Gasteiger charge is 2.37. The first-order valence-electron chi connectivity index (χ1n) is 6.31. The molecule has 18 heavy (non-hydrogen) atoms. The SMILES string of the molecule is O=C(O)C1CCCN(S(=O)(=O)C2CCSCC2)C1. The third-order valence-electron chi connectivity index (χ3n) is 3.68. The quantitative estimate of drug-likeness (QED) is 0.840. The van der Waals surface area contributed by atoms with Crippen molar-refractivity contribution in [3.63, 3.8) is 0 Å². The van der Waals surface area contributed by atoms with E-state index in [1.54, 1.807) is 11.8 Å². The van der Waals surface area contributed by atoms with Crippen molar-refractivity contribution in [2.45, 2.75) is 30.9 Å². The van der Waals surface area contributed by atoms with E-state index in [4.69, 9.17) is 5.11 Å². The van der Waals surface area contributed by atoms with Gasteiger partial charge in [-0.2, -0.15) is 11.8 Å². The average molecular weight is 293 g/mol. The smallest absolute Gasteiger partial charge is 0.307 e. The number of aliphatic carboxylic acids is 1. The monoisotopic (exact) mass is 293 g/mol. The Hall–Kier alpha value is -0.270. The Morgan fingerprint density at radius 1 is 1.22 bits per heavy atom. The zero-order chi connectivity index (χ0) is 13.2. The molecule has 0 bridgehead atoms. The number of rotatable bonds is 3. The van der Waals surface area contributed by atoms with Crippen LogP contribution >= 0.6 is 11.8 Å². The van der Waals surface area contributed by atoms with Gasteiger partial charge >= 0.3 is 5.97 Å². The standard InChI is InChI=1S/C11H19NO4S2/c13-11(14)9-2-1-5-12(8-9)18(15,16)10-3-6-17-7-4-10/h9-10H,1-8H2,(H,13,14). The second-order valence-corrected chi connectivity index (χ2v) is 8.33. The van der Waals surface area contributed by atoms with E-state index in [0.29, 0.717) is 32.2 Å². The normalized spacial score (nSPS) is 28.1. The van der Waals surface area contributed by atoms with Crippen molar-refractivity contribution in [2.75, 3.05) is 24.6 Å². The number of hydrogen-bond acceptors (Lipinski definition) is 4. The molecule has 0 saturated carbocycles. The van der Waals surface area contributed by atoms with Gasteiger partial charge in [-0.1, -0.05) is 0 Å². The molecule has 2 rings (SSSR count). The van der Waals surface area contributed by atoms with Gasteiger partial charge in [0.2, 0.25) is 10.0 Å². The van der Waals surface area contributed by atoms with Crippen LogP contribution in [0.1, 0.15) is 25.7 Å². The van der Waals surface area contributed by atoms with Crippen molar-refractivity contribution in [3.8, 4) is 0 Å². The number of carboxylic acids is 1. The number of piperidine rings is 1. The van der Waals surface area contributed by atoms with Crippen LogP contribution in [-0.4, -0.2) is 53.6 Å². The van der Waals surface area contributed by atoms with E-state index in [9.17, 15) is 13.2 Å². The van der Waals surface area contributed by atoms with E-state index in [2.05, 4.69) is 0 Å². The summed E-state index contributed by atoms with van der Waals surface area (Å²) in [6, 6.07) is 0. The summed E-state index contributed by atoms with van der Waals surface area (Å²) in [5.41, 5.74) is 0. The van der Waals surface area contributed by atoms with Gasteiger partial charge in [0.05, 0.1) is 11.2 Å². The lowest BCUT2D eigenvalue weighted by Crippen LogP contribution is -2.46. The number of carboxylic acid groups (broad SMARTS) is 1. The summed E-state index contributed by atoms with van der Waals surface area (Å²) >= 11 is 1.79. The van der Waals surface area contributed by atoms with E-state index in [0.717, 1.165) is 11.5 Å². The van der Waals surface area contributed by atoms with E-state index in [-0.39, 0.29) is 11.8 Å². The third kappa shape index (κ3) is 3.00. The lowest BCUT2D eigenvalue weighted by atomic mass is 10.0. The molecule has 5 nitrogen and oxygen atoms in total. The molecule has 2 heterocycles. The molecule has 2 fully saturated rings. The first-order chi connectivity index (χ1) is 8.51. The van der Waals surface area contributed by atoms with E-state index < -0.39 is 21.9 Å². The molecular weight excluding hydrogens is 274 g/mol. The number of carbonyl (C=O) groups is 1. The minimum Gasteiger partial charge on any atom is -0.481 e. The molecule has 0 aromatic rings. The maximum atomic E-state index is 12.4. The van der Waals surface area contributed by atoms with Gasteiger partial charge in [0.1, 0.15) is 0 Å². The molecule has 2 aliphatic rings. The van der Waals surface area contributed by atoms with Crippen LogP contribution in [0.4, 0.5) is 0 Å². The summed E-state index contributed by atoms with van der Waals surface area (Å²) in [7, 11) is -3.29. The summed E-state index contributed by atoms with van der Waals surface area (Å²) in [4.78, 5) is 11.0. The van der Waals surface area contributed by atoms with Crippen LogP contribution in [0.25, 0.3) is 0 Å². The van der Waals surface area contributed by atoms with Gasteiger partial charge < -0.3 is 5.11 Å². The van der Waals surface area contributed by atoms with Crippen LogP contribution in [0.5, 0.6) is 0 Å². The highest BCUT2D eigenvalue weighted by Crippen LogP contribution is 2.28. The van der Waals surface area contributed by atoms with Crippen molar-refractivity contribution >= 4 is 27.8 Å². The molecule has 0 spiro atoms. The topological polar surface area (TPSA) is 74.7 Å². The first kappa shape index (κ1) is 14.1. The molecule has 0 aliphatic carbocycles. The van der Waals surface area contributed by atoms with Gasteiger partial charge in [0, 0.05) is 13.1 Å². The Morgan fingerprint density at radius 3 is 2.50 bits per heavy atom. The summed E-state index contributed by atoms with van der Waals surface area (Å²) in [5.74, 6) is 0.362. The van der Waals surface area contributed by atoms with Crippen molar-refractivity contribution in [2.24, 2.45) is 5.92 Å². The number of sulfonamides is 1. The predicted octanol–water partition coefficient (Wildman–Crippen LogP) is 1.01. The zero-order valence-electron chi connectivity index (χ0n) is 10.2. The van der Waals surface area contributed by atoms with Gasteiger partial charge in [-0.3, -0.25) is 4.79 Å². The summed E-state index contributed by atoms with van der Waals surface area (Å²) in [6.45, 7) is 0.636. The minimum absolute atomic E-state index is 0.154. The Balaban J connectivity index is 2.06. The van der Waals surface area contributed by atoms with Gasteiger partial charge in [0.15, 0.2) is 0 Å². The number of nitrogens with zero attached hydrogens (tertiary/aromatic N) is 1. The molecule has 104 valence electrons. The van der Waals surface area contributed by atoms with Gasteiger partial charge in [0.25, 0.3) is 0 Å². The second-order valence-electron chi connectivity index (χ2n) is 4.89. The van der Waals surface area contributed by atoms with Crippen LogP contribution < -0.4 is 0 Å². The fraction of sp³-hybridized carbons (Fsp3) is 0.909. The van der Waals surface area contributed by atoms with Gasteiger partial charge in [-0.25, -0.2) is 12.7 Å². The Kier molecular flexibility index (Phi) is 4.55. The molecule has 0 aromatic heterocycles. The predicted molar refractivity (Wildman–Crippen MR) is 71.2 cm³/mol. The number of hydrogen-bond donors (Lipinski definition) is 1. The first-order valence-corrected chi connectivity index (χ1v) is 8.97. The highest BCUT2D eigenvalue weighted by molar-refractivity contribution is 7.99. The largest absolute Gasteiger partial charge is 0.481 e. The molecule has 2 aliphatic heterocycles. The average Bonchev–Trinajstić information content (AvgIpc) is 2.40. The number of thioether (sulfide) groups is 1. The lowest BCUT2D eigenvalue weighted by Gasteiger charge is -2.34. The van der Waals surface area contributed by atoms with Crippen LogP contribution in [-0.2, 0) is 14.8 Å². The van der Waals surface area contributed by atoms with Gasteiger partial charge in [-0.05, 0) is 37.2 Å². The van der Waals surface area contributed by atoms with Crippen molar-refractivity contribution in [1.29, 1.82) is 0 Å². The molecular formula is C11H19NO4S2. The molecule has 1 unspecified atom stereocenters. The van der Waals surface area contributed by atoms with E-state index >= 15 is 0 Å². The molecule has 2 saturated heterocycles. The van der Waals surface area contributed by atoms with Crippen LogP contribution in [0.3, 0.4) is 0 Å². The molecule has 1 atom stereocenters. The summed E-state index contributed by atoms with van der Waals surface area (Å²) in [6.07, 6.45) is 2.63. The Bertz CT molecular complexity index is 403. The molecule has 0 radical (unpaired) electrons.